The van der Waals surface area contributed by atoms with Crippen molar-refractivity contribution in [1.29, 1.82) is 0 Å². The molecule has 136 valence electrons. The van der Waals surface area contributed by atoms with Gasteiger partial charge < -0.3 is 4.43 Å². The zero-order valence-corrected chi connectivity index (χ0v) is 14.8. The Morgan fingerprint density at radius 1 is 1.12 bits per heavy atom. The number of carbonyl (C=O) groups is 1. The molecule has 0 bridgehead atoms. The predicted molar refractivity (Wildman–Crippen MR) is 81.6 cm³/mol. The highest BCUT2D eigenvalue weighted by Gasteiger charge is 2.30. The first kappa shape index (κ1) is 20.6. The third kappa shape index (κ3) is 4.32. The largest absolute Gasteiger partial charge is 0.420 e. The average molecular weight is 369 g/mol. The molecule has 0 aliphatic heterocycles. The Hall–Kier alpha value is -1.48. The summed E-state index contributed by atoms with van der Waals surface area (Å²) in [7, 11) is -0.389. The van der Waals surface area contributed by atoms with E-state index in [4.69, 9.17) is 4.43 Å². The van der Waals surface area contributed by atoms with E-state index in [1.54, 1.807) is 7.11 Å². The van der Waals surface area contributed by atoms with E-state index in [0.717, 1.165) is 12.1 Å². The number of nitrogens with zero attached hydrogens (tertiary/aromatic N) is 1. The van der Waals surface area contributed by atoms with Gasteiger partial charge in [-0.25, -0.2) is 17.6 Å². The molecule has 0 heterocycles. The minimum atomic E-state index is -2.14. The normalized spacial score (nSPS) is 11.7. The van der Waals surface area contributed by atoms with Crippen LogP contribution in [-0.4, -0.2) is 33.0 Å². The number of rotatable bonds is 8. The first-order chi connectivity index (χ1) is 11.2. The van der Waals surface area contributed by atoms with Crippen molar-refractivity contribution in [2.24, 2.45) is 0 Å². The summed E-state index contributed by atoms with van der Waals surface area (Å²) in [6.45, 7) is 3.56. The van der Waals surface area contributed by atoms with Crippen LogP contribution in [0.4, 0.5) is 22.0 Å². The molecule has 0 aliphatic carbocycles. The van der Waals surface area contributed by atoms with Gasteiger partial charge in [-0.2, -0.15) is 5.12 Å². The van der Waals surface area contributed by atoms with Crippen LogP contribution in [0.5, 0.6) is 0 Å². The van der Waals surface area contributed by atoms with E-state index in [2.05, 4.69) is 0 Å². The molecule has 0 fully saturated rings. The summed E-state index contributed by atoms with van der Waals surface area (Å²) in [6, 6.07) is 2.38. The van der Waals surface area contributed by atoms with Gasteiger partial charge in [0.1, 0.15) is 0 Å². The van der Waals surface area contributed by atoms with Gasteiger partial charge in [0.15, 0.2) is 31.6 Å². The third-order valence-corrected chi connectivity index (χ3v) is 8.97. The Balaban J connectivity index is 2.80. The molecule has 0 aliphatic rings. The van der Waals surface area contributed by atoms with Crippen LogP contribution in [0.25, 0.3) is 0 Å². The summed E-state index contributed by atoms with van der Waals surface area (Å²) in [5, 5.41) is -0.324. The fraction of sp³-hybridized carbons (Fsp3) is 0.533. The fourth-order valence-electron chi connectivity index (χ4n) is 2.50. The first-order valence-electron chi connectivity index (χ1n) is 7.58. The van der Waals surface area contributed by atoms with Crippen molar-refractivity contribution in [2.45, 2.75) is 38.4 Å². The highest BCUT2D eigenvalue weighted by atomic mass is 28.4. The van der Waals surface area contributed by atoms with Gasteiger partial charge in [0.2, 0.25) is 0 Å². The smallest absolute Gasteiger partial charge is 0.284 e. The van der Waals surface area contributed by atoms with Crippen LogP contribution in [0, 0.1) is 23.3 Å². The molecule has 0 saturated carbocycles. The first-order valence-corrected chi connectivity index (χ1v) is 10.1. The summed E-state index contributed by atoms with van der Waals surface area (Å²) in [5.74, 6) is -9.41. The zero-order chi connectivity index (χ0) is 18.5. The summed E-state index contributed by atoms with van der Waals surface area (Å²) < 4.78 is 72.0. The van der Waals surface area contributed by atoms with Crippen LogP contribution in [0.3, 0.4) is 0 Å². The van der Waals surface area contributed by atoms with Crippen LogP contribution in [0.2, 0.25) is 18.1 Å². The Labute approximate surface area is 138 Å². The third-order valence-electron chi connectivity index (χ3n) is 4.26. The highest BCUT2D eigenvalue weighted by molar-refractivity contribution is 6.73. The van der Waals surface area contributed by atoms with E-state index < -0.39 is 43.1 Å². The van der Waals surface area contributed by atoms with Gasteiger partial charge in [-0.3, -0.25) is 4.79 Å². The molecule has 1 aromatic rings. The van der Waals surface area contributed by atoms with E-state index in [1.807, 2.05) is 13.8 Å². The monoisotopic (exact) mass is 369 g/mol. The van der Waals surface area contributed by atoms with Gasteiger partial charge >= 0.3 is 0 Å². The lowest BCUT2D eigenvalue weighted by molar-refractivity contribution is 0.0189. The van der Waals surface area contributed by atoms with E-state index in [1.165, 1.54) is 0 Å². The van der Waals surface area contributed by atoms with Crippen molar-refractivity contribution < 1.29 is 31.3 Å². The van der Waals surface area contributed by atoms with Gasteiger partial charge in [0.05, 0.1) is 12.1 Å². The molecule has 3 nitrogen and oxygen atoms in total. The van der Waals surface area contributed by atoms with E-state index in [-0.39, 0.29) is 24.2 Å². The lowest BCUT2D eigenvalue weighted by Crippen LogP contribution is -2.36. The molecule has 0 spiro atoms. The summed E-state index contributed by atoms with van der Waals surface area (Å²) in [6.07, 6.45) is 0.262. The number of amides is 1. The van der Waals surface area contributed by atoms with Crippen LogP contribution < -0.4 is 0 Å². The molecular weight excluding hydrogens is 349 g/mol. The van der Waals surface area contributed by atoms with Crippen molar-refractivity contribution in [3.63, 3.8) is 0 Å². The minimum Gasteiger partial charge on any atom is -0.420 e. The van der Waals surface area contributed by atoms with E-state index in [0.29, 0.717) is 6.04 Å². The minimum absolute atomic E-state index is 0.148. The number of benzene rings is 1. The highest BCUT2D eigenvalue weighted by Crippen LogP contribution is 2.24. The molecule has 0 aromatic heterocycles. The van der Waals surface area contributed by atoms with Crippen LogP contribution in [-0.2, 0) is 4.43 Å². The zero-order valence-electron chi connectivity index (χ0n) is 13.8. The Morgan fingerprint density at radius 2 is 1.71 bits per heavy atom. The summed E-state index contributed by atoms with van der Waals surface area (Å²) in [4.78, 5) is 11.8. The fourth-order valence-corrected chi connectivity index (χ4v) is 5.29. The molecule has 0 N–H and O–H groups in total. The molecule has 0 saturated heterocycles. The van der Waals surface area contributed by atoms with Gasteiger partial charge in [0.25, 0.3) is 5.91 Å². The SMILES string of the molecule is CC[Si](CC)(CCCN(F)C(=O)c1cc(F)c(F)c(F)c1F)OC. The standard InChI is InChI=1S/C15H20F5NO2Si/c1-4-24(5-2,23-3)8-6-7-21(20)15(22)10-9-11(16)13(18)14(19)12(10)17/h9H,4-8H2,1-3H3. The van der Waals surface area contributed by atoms with Crippen molar-refractivity contribution in [1.82, 2.24) is 5.12 Å². The molecule has 0 radical (unpaired) electrons. The van der Waals surface area contributed by atoms with Crippen LogP contribution in [0.15, 0.2) is 6.07 Å². The lowest BCUT2D eigenvalue weighted by atomic mass is 10.1. The van der Waals surface area contributed by atoms with Crippen molar-refractivity contribution >= 4 is 14.2 Å². The second kappa shape index (κ2) is 8.57. The maximum atomic E-state index is 13.9. The summed E-state index contributed by atoms with van der Waals surface area (Å²) in [5.41, 5.74) is -1.19. The number of hydrogen-bond donors (Lipinski definition) is 0. The number of hydrogen-bond acceptors (Lipinski definition) is 2. The molecular formula is C15H20F5NO2Si. The van der Waals surface area contributed by atoms with Gasteiger partial charge in [0, 0.05) is 7.11 Å². The predicted octanol–water partition coefficient (Wildman–Crippen LogP) is 4.59. The van der Waals surface area contributed by atoms with E-state index >= 15 is 0 Å². The van der Waals surface area contributed by atoms with Gasteiger partial charge in [-0.05, 0) is 30.6 Å². The second-order valence-electron chi connectivity index (χ2n) is 5.44. The Kier molecular flexibility index (Phi) is 7.34. The molecule has 1 amide bonds. The second-order valence-corrected chi connectivity index (χ2v) is 10.1. The molecule has 24 heavy (non-hydrogen) atoms. The Morgan fingerprint density at radius 3 is 2.21 bits per heavy atom. The van der Waals surface area contributed by atoms with Gasteiger partial charge in [-0.15, -0.1) is 0 Å². The average Bonchev–Trinajstić information content (AvgIpc) is 2.59. The van der Waals surface area contributed by atoms with Crippen LogP contribution in [0.1, 0.15) is 30.6 Å². The molecule has 1 aromatic carbocycles. The van der Waals surface area contributed by atoms with Crippen molar-refractivity contribution in [3.8, 4) is 0 Å². The van der Waals surface area contributed by atoms with Crippen molar-refractivity contribution in [2.75, 3.05) is 13.7 Å². The maximum Gasteiger partial charge on any atom is 0.284 e. The van der Waals surface area contributed by atoms with Crippen LogP contribution >= 0.6 is 0 Å². The topological polar surface area (TPSA) is 29.5 Å². The lowest BCUT2D eigenvalue weighted by Gasteiger charge is -2.27. The molecule has 0 atom stereocenters. The van der Waals surface area contributed by atoms with Crippen molar-refractivity contribution in [3.05, 3.63) is 34.9 Å². The molecule has 0 unspecified atom stereocenters. The number of carbonyl (C=O) groups excluding carboxylic acids is 1. The Bertz CT molecular complexity index is 587. The van der Waals surface area contributed by atoms with Gasteiger partial charge in [-0.1, -0.05) is 18.3 Å². The molecule has 1 rings (SSSR count). The van der Waals surface area contributed by atoms with E-state index in [9.17, 15) is 26.8 Å². The maximum absolute atomic E-state index is 13.9. The summed E-state index contributed by atoms with van der Waals surface area (Å²) >= 11 is 0. The number of halogens is 5. The quantitative estimate of drug-likeness (QED) is 0.220. The molecule has 9 heteroatoms.